The molecule has 0 saturated heterocycles. The van der Waals surface area contributed by atoms with E-state index in [-0.39, 0.29) is 11.0 Å². The van der Waals surface area contributed by atoms with Crippen LogP contribution in [0.2, 0.25) is 0 Å². The zero-order valence-electron chi connectivity index (χ0n) is 5.67. The van der Waals surface area contributed by atoms with Crippen LogP contribution in [0.4, 0.5) is 0 Å². The van der Waals surface area contributed by atoms with Gasteiger partial charge in [-0.05, 0) is 5.56 Å². The average Bonchev–Trinajstić information content (AvgIpc) is 1.90. The number of hydrogen-bond donors (Lipinski definition) is 0. The molecule has 1 rings (SSSR count). The largest absolute Gasteiger partial charge is 0.412 e. The van der Waals surface area contributed by atoms with Gasteiger partial charge >= 0.3 is 0 Å². The Morgan fingerprint density at radius 2 is 1.50 bits per heavy atom. The van der Waals surface area contributed by atoms with Crippen molar-refractivity contribution in [1.82, 2.24) is 0 Å². The standard InChI is InChI=1S/C8H8.2H2O/c1-2-8-6-4-3-5-7-8;;/h2-7H,1H2;2*1H2. The van der Waals surface area contributed by atoms with Crippen LogP contribution < -0.4 is 0 Å². The maximum atomic E-state index is 3.63. The molecular weight excluding hydrogens is 128 g/mol. The first-order valence-corrected chi connectivity index (χ1v) is 2.61. The van der Waals surface area contributed by atoms with Gasteiger partial charge in [-0.2, -0.15) is 0 Å². The van der Waals surface area contributed by atoms with Crippen molar-refractivity contribution < 1.29 is 11.0 Å². The summed E-state index contributed by atoms with van der Waals surface area (Å²) in [6.07, 6.45) is 1.83. The van der Waals surface area contributed by atoms with E-state index in [1.54, 1.807) is 0 Å². The van der Waals surface area contributed by atoms with E-state index in [0.717, 1.165) is 0 Å². The average molecular weight is 140 g/mol. The first-order chi connectivity index (χ1) is 3.93. The fourth-order valence-electron chi connectivity index (χ4n) is 0.589. The lowest BCUT2D eigenvalue weighted by Gasteiger charge is -1.85. The minimum absolute atomic E-state index is 0. The number of benzene rings is 1. The highest BCUT2D eigenvalue weighted by Crippen LogP contribution is 1.97. The molecule has 0 saturated carbocycles. The Morgan fingerprint density at radius 3 is 1.80 bits per heavy atom. The van der Waals surface area contributed by atoms with Gasteiger partial charge in [-0.25, -0.2) is 0 Å². The Balaban J connectivity index is 0. The molecule has 10 heavy (non-hydrogen) atoms. The van der Waals surface area contributed by atoms with Gasteiger partial charge in [-0.3, -0.25) is 0 Å². The predicted octanol–water partition coefficient (Wildman–Crippen LogP) is 0.680. The smallest absolute Gasteiger partial charge is 0.0263 e. The molecule has 4 N–H and O–H groups in total. The normalized spacial score (nSPS) is 6.80. The lowest BCUT2D eigenvalue weighted by atomic mass is 10.2. The van der Waals surface area contributed by atoms with Crippen LogP contribution in [0.1, 0.15) is 5.56 Å². The molecule has 0 amide bonds. The summed E-state index contributed by atoms with van der Waals surface area (Å²) in [5.74, 6) is 0. The molecule has 2 heteroatoms. The molecule has 1 aromatic carbocycles. The minimum atomic E-state index is 0. The second-order valence-electron chi connectivity index (χ2n) is 1.61. The quantitative estimate of drug-likeness (QED) is 0.550. The van der Waals surface area contributed by atoms with Gasteiger partial charge in [0, 0.05) is 0 Å². The first-order valence-electron chi connectivity index (χ1n) is 2.61. The third kappa shape index (κ3) is 3.02. The second kappa shape index (κ2) is 6.01. The van der Waals surface area contributed by atoms with Gasteiger partial charge in [-0.15, -0.1) is 0 Å². The molecule has 0 heterocycles. The van der Waals surface area contributed by atoms with Gasteiger partial charge in [0.2, 0.25) is 0 Å². The third-order valence-corrected chi connectivity index (χ3v) is 1.04. The Kier molecular flexibility index (Phi) is 7.00. The SMILES string of the molecule is C=Cc1ccccc1.O.O. The third-order valence-electron chi connectivity index (χ3n) is 1.04. The summed E-state index contributed by atoms with van der Waals surface area (Å²) in [5, 5.41) is 0. The highest BCUT2D eigenvalue weighted by molar-refractivity contribution is 5.45. The van der Waals surface area contributed by atoms with Crippen LogP contribution in [-0.4, -0.2) is 11.0 Å². The lowest BCUT2D eigenvalue weighted by Crippen LogP contribution is -1.63. The maximum absolute atomic E-state index is 3.63. The van der Waals surface area contributed by atoms with Crippen LogP contribution in [0.15, 0.2) is 36.9 Å². The van der Waals surface area contributed by atoms with Crippen LogP contribution in [0.5, 0.6) is 0 Å². The second-order valence-corrected chi connectivity index (χ2v) is 1.61. The minimum Gasteiger partial charge on any atom is -0.412 e. The Bertz CT molecular complexity index is 170. The fourth-order valence-corrected chi connectivity index (χ4v) is 0.589. The maximum Gasteiger partial charge on any atom is -0.0263 e. The van der Waals surface area contributed by atoms with Crippen LogP contribution in [-0.2, 0) is 0 Å². The van der Waals surface area contributed by atoms with Gasteiger partial charge < -0.3 is 11.0 Å². The molecule has 0 aliphatic rings. The molecule has 0 fully saturated rings. The highest BCUT2D eigenvalue weighted by Gasteiger charge is 1.75. The van der Waals surface area contributed by atoms with Gasteiger partial charge in [0.25, 0.3) is 0 Å². The van der Waals surface area contributed by atoms with E-state index < -0.39 is 0 Å². The van der Waals surface area contributed by atoms with E-state index in [1.807, 2.05) is 36.4 Å². The molecule has 0 aromatic heterocycles. The predicted molar refractivity (Wildman–Crippen MR) is 43.8 cm³/mol. The lowest BCUT2D eigenvalue weighted by molar-refractivity contribution is 0.823. The molecular formula is C8H12O2. The van der Waals surface area contributed by atoms with Crippen LogP contribution in [0.25, 0.3) is 6.08 Å². The summed E-state index contributed by atoms with van der Waals surface area (Å²) in [6.45, 7) is 3.63. The number of rotatable bonds is 1. The van der Waals surface area contributed by atoms with Crippen LogP contribution in [0.3, 0.4) is 0 Å². The molecule has 2 nitrogen and oxygen atoms in total. The summed E-state index contributed by atoms with van der Waals surface area (Å²) in [6, 6.07) is 10.0. The summed E-state index contributed by atoms with van der Waals surface area (Å²) >= 11 is 0. The Labute approximate surface area is 60.4 Å². The van der Waals surface area contributed by atoms with Crippen molar-refractivity contribution in [1.29, 1.82) is 0 Å². The van der Waals surface area contributed by atoms with Crippen molar-refractivity contribution >= 4 is 6.08 Å². The molecule has 0 radical (unpaired) electrons. The molecule has 56 valence electrons. The van der Waals surface area contributed by atoms with Crippen molar-refractivity contribution in [3.63, 3.8) is 0 Å². The molecule has 0 atom stereocenters. The van der Waals surface area contributed by atoms with Crippen LogP contribution in [0, 0.1) is 0 Å². The zero-order valence-corrected chi connectivity index (χ0v) is 5.67. The fraction of sp³-hybridized carbons (Fsp3) is 0. The summed E-state index contributed by atoms with van der Waals surface area (Å²) in [7, 11) is 0. The molecule has 0 spiro atoms. The Hall–Kier alpha value is -1.12. The summed E-state index contributed by atoms with van der Waals surface area (Å²) in [4.78, 5) is 0. The molecule has 0 bridgehead atoms. The van der Waals surface area contributed by atoms with Crippen molar-refractivity contribution in [3.8, 4) is 0 Å². The van der Waals surface area contributed by atoms with Crippen molar-refractivity contribution in [3.05, 3.63) is 42.5 Å². The topological polar surface area (TPSA) is 63.0 Å². The summed E-state index contributed by atoms with van der Waals surface area (Å²) < 4.78 is 0. The van der Waals surface area contributed by atoms with E-state index in [1.165, 1.54) is 5.56 Å². The van der Waals surface area contributed by atoms with E-state index in [4.69, 9.17) is 0 Å². The van der Waals surface area contributed by atoms with Crippen LogP contribution >= 0.6 is 0 Å². The monoisotopic (exact) mass is 140 g/mol. The van der Waals surface area contributed by atoms with Crippen molar-refractivity contribution in [2.75, 3.05) is 0 Å². The van der Waals surface area contributed by atoms with Gasteiger partial charge in [0.15, 0.2) is 0 Å². The van der Waals surface area contributed by atoms with E-state index >= 15 is 0 Å². The van der Waals surface area contributed by atoms with Gasteiger partial charge in [0.1, 0.15) is 0 Å². The van der Waals surface area contributed by atoms with Gasteiger partial charge in [-0.1, -0.05) is 43.0 Å². The van der Waals surface area contributed by atoms with Gasteiger partial charge in [0.05, 0.1) is 0 Å². The number of hydrogen-bond acceptors (Lipinski definition) is 0. The molecule has 0 aliphatic carbocycles. The van der Waals surface area contributed by atoms with E-state index in [2.05, 4.69) is 6.58 Å². The highest BCUT2D eigenvalue weighted by atomic mass is 16.0. The van der Waals surface area contributed by atoms with Crippen molar-refractivity contribution in [2.45, 2.75) is 0 Å². The summed E-state index contributed by atoms with van der Waals surface area (Å²) in [5.41, 5.74) is 1.17. The molecule has 0 aliphatic heterocycles. The Morgan fingerprint density at radius 1 is 1.00 bits per heavy atom. The zero-order chi connectivity index (χ0) is 5.82. The first kappa shape index (κ1) is 11.6. The molecule has 1 aromatic rings. The molecule has 0 unspecified atom stereocenters. The van der Waals surface area contributed by atoms with E-state index in [9.17, 15) is 0 Å². The van der Waals surface area contributed by atoms with Crippen molar-refractivity contribution in [2.24, 2.45) is 0 Å². The van der Waals surface area contributed by atoms with E-state index in [0.29, 0.717) is 0 Å².